The van der Waals surface area contributed by atoms with Crippen LogP contribution < -0.4 is 42.5 Å². The van der Waals surface area contributed by atoms with Crippen LogP contribution >= 0.6 is 11.3 Å². The number of hydrogen-bond acceptors (Lipinski definition) is 11. The largest absolute Gasteiger partial charge is 0.335 e. The number of thiazole rings is 1. The molecule has 8 amide bonds. The van der Waals surface area contributed by atoms with Gasteiger partial charge in [0.05, 0.1) is 11.7 Å². The molecule has 130 heavy (non-hydrogen) atoms. The Labute approximate surface area is 771 Å². The van der Waals surface area contributed by atoms with Crippen LogP contribution in [0.3, 0.4) is 0 Å². The van der Waals surface area contributed by atoms with Gasteiger partial charge >= 0.3 is 24.1 Å². The van der Waals surface area contributed by atoms with E-state index < -0.39 is 0 Å². The first-order chi connectivity index (χ1) is 62.8. The fourth-order valence-corrected chi connectivity index (χ4v) is 22.5. The van der Waals surface area contributed by atoms with Gasteiger partial charge < -0.3 is 56.8 Å². The molecular formula is C105H140F6N14O4S. The summed E-state index contributed by atoms with van der Waals surface area (Å²) in [7, 11) is 0. The van der Waals surface area contributed by atoms with Crippen molar-refractivity contribution in [2.75, 3.05) is 94.5 Å². The molecule has 4 saturated carbocycles. The predicted molar refractivity (Wildman–Crippen MR) is 512 cm³/mol. The van der Waals surface area contributed by atoms with Crippen LogP contribution in [0.25, 0.3) is 0 Å². The number of aliphatic imine (C=N–C) groups is 1. The van der Waals surface area contributed by atoms with E-state index in [2.05, 4.69) is 78.2 Å². The van der Waals surface area contributed by atoms with Crippen LogP contribution in [0.4, 0.5) is 62.0 Å². The summed E-state index contributed by atoms with van der Waals surface area (Å²) >= 11 is 1.46. The van der Waals surface area contributed by atoms with Crippen LogP contribution in [0.1, 0.15) is 202 Å². The number of halogens is 6. The molecule has 13 atom stereocenters. The first-order valence-electron chi connectivity index (χ1n) is 48.3. The van der Waals surface area contributed by atoms with Gasteiger partial charge in [-0.2, -0.15) is 0 Å². The van der Waals surface area contributed by atoms with Crippen molar-refractivity contribution >= 4 is 58.2 Å². The number of nitrogens with zero attached hydrogens (tertiary/aromatic N) is 6. The average molecular weight is 1810 g/mol. The minimum Gasteiger partial charge on any atom is -0.335 e. The molecule has 5 aliphatic heterocycles. The van der Waals surface area contributed by atoms with Gasteiger partial charge in [-0.15, -0.1) is 11.3 Å². The monoisotopic (exact) mass is 1810 g/mol. The minimum absolute atomic E-state index is 0. The molecule has 0 spiro atoms. The Morgan fingerprint density at radius 3 is 1.07 bits per heavy atom. The third-order valence-electron chi connectivity index (χ3n) is 28.3. The number of piperidine rings is 4. The molecule has 7 aromatic rings. The standard InChI is InChI=1S/C28H37FN4O.2C26H33F2N3O.C24H33FN4OS.CH4/c29-24-10-7-20(8-11-24)16-21-4-3-15-33(18-21)19-23-5-1-2-6-26(23)32-28(34)31-25-12-9-22-13-14-30-27(22)17-25;27-22-12-10-19(11-13-22)15-20-5-4-14-31(17-20)18-21-6-1-2-9-25(21)30-26(32)29-24-8-3-7-23(28)16-24;27-22-9-7-19(8-10-22)16-20-4-3-15-31(17-20)18-21-5-1-2-6-25(21)30-26(32)29-24-13-11-23(28)12-14-24;1-17-16-31-24(26-17)28-23(30)27-22-7-3-2-6-20(22)15-29-12-4-5-19(14-29)13-18-8-10-21(25)11-9-18;/h7-12,14,21,23,26-27H,1-6,13,15-19H2,(H2,31,32,34);3,7-8,10-13,16,20-21,25H,1-2,4-6,9,14-15,17-18H2,(H2,29,30,32);7-14,20-21,25H,1-6,15-18H2,(H2,29,30,32);8-11,16,19-20,22H,2-7,12-15H2,1H3,(H2,26,27,28,30);1H4/t21-,23-,26+,27?;2*20-,21-,25+;19-,20-,22+;/m0000./s1. The van der Waals surface area contributed by atoms with E-state index in [4.69, 9.17) is 0 Å². The third kappa shape index (κ3) is 31.9. The number of aryl methyl sites for hydroxylation is 1. The van der Waals surface area contributed by atoms with E-state index in [0.717, 1.165) is 180 Å². The minimum atomic E-state index is -0.362. The van der Waals surface area contributed by atoms with E-state index in [-0.39, 0.29) is 96.7 Å². The average Bonchev–Trinajstić information content (AvgIpc) is 1.69. The van der Waals surface area contributed by atoms with Gasteiger partial charge in [0.1, 0.15) is 34.9 Å². The van der Waals surface area contributed by atoms with Crippen molar-refractivity contribution in [1.82, 2.24) is 51.2 Å². The molecule has 6 heterocycles. The highest BCUT2D eigenvalue weighted by molar-refractivity contribution is 7.13. The fourth-order valence-electron chi connectivity index (χ4n) is 21.8. The Bertz CT molecular complexity index is 4750. The zero-order valence-electron chi connectivity index (χ0n) is 75.4. The van der Waals surface area contributed by atoms with Crippen molar-refractivity contribution in [3.05, 3.63) is 237 Å². The maximum Gasteiger partial charge on any atom is 0.321 e. The Morgan fingerprint density at radius 1 is 0.377 bits per heavy atom. The summed E-state index contributed by atoms with van der Waals surface area (Å²) in [6.07, 6.45) is 39.7. The van der Waals surface area contributed by atoms with Crippen molar-refractivity contribution in [1.29, 1.82) is 0 Å². The van der Waals surface area contributed by atoms with E-state index >= 15 is 0 Å². The van der Waals surface area contributed by atoms with Crippen LogP contribution in [0, 0.1) is 89.2 Å². The number of hydrogen-bond donors (Lipinski definition) is 8. The van der Waals surface area contributed by atoms with Gasteiger partial charge in [0, 0.05) is 118 Å². The molecule has 1 unspecified atom stereocenters. The summed E-state index contributed by atoms with van der Waals surface area (Å²) in [5, 5.41) is 27.0. The van der Waals surface area contributed by atoms with Crippen molar-refractivity contribution < 1.29 is 45.5 Å². The van der Waals surface area contributed by atoms with Gasteiger partial charge in [0.15, 0.2) is 5.13 Å². The topological polar surface area (TPSA) is 203 Å². The number of allylic oxidation sites excluding steroid dienone is 2. The molecule has 10 aliphatic rings. The molecule has 8 N–H and O–H groups in total. The summed E-state index contributed by atoms with van der Waals surface area (Å²) < 4.78 is 79.3. The molecule has 18 nitrogen and oxygen atoms in total. The van der Waals surface area contributed by atoms with E-state index in [0.29, 0.717) is 63.8 Å². The highest BCUT2D eigenvalue weighted by atomic mass is 32.1. The molecule has 4 saturated heterocycles. The van der Waals surface area contributed by atoms with Gasteiger partial charge in [0.25, 0.3) is 0 Å². The number of carbonyl (C=O) groups is 4. The predicted octanol–water partition coefficient (Wildman–Crippen LogP) is 22.1. The molecule has 25 heteroatoms. The second-order valence-corrected chi connectivity index (χ2v) is 39.3. The van der Waals surface area contributed by atoms with E-state index in [1.807, 2.05) is 73.1 Å². The number of likely N-dealkylation sites (tertiary alicyclic amines) is 4. The van der Waals surface area contributed by atoms with E-state index in [1.54, 1.807) is 72.8 Å². The maximum atomic E-state index is 13.4. The first-order valence-corrected chi connectivity index (χ1v) is 49.2. The third-order valence-corrected chi connectivity index (χ3v) is 29.2. The van der Waals surface area contributed by atoms with Crippen LogP contribution in [-0.4, -0.2) is 164 Å². The Balaban J connectivity index is 0.000000147. The van der Waals surface area contributed by atoms with Crippen molar-refractivity contribution in [2.24, 2.45) is 52.3 Å². The molecule has 17 rings (SSSR count). The lowest BCUT2D eigenvalue weighted by Gasteiger charge is -2.39. The lowest BCUT2D eigenvalue weighted by molar-refractivity contribution is 0.122. The van der Waals surface area contributed by atoms with E-state index in [9.17, 15) is 45.5 Å². The van der Waals surface area contributed by atoms with Crippen LogP contribution in [0.5, 0.6) is 0 Å². The van der Waals surface area contributed by atoms with Gasteiger partial charge in [0.2, 0.25) is 0 Å². The Morgan fingerprint density at radius 2 is 0.715 bits per heavy atom. The second kappa shape index (κ2) is 50.5. The molecule has 1 aromatic heterocycles. The van der Waals surface area contributed by atoms with Crippen molar-refractivity contribution in [3.8, 4) is 0 Å². The molecule has 702 valence electrons. The number of nitrogens with one attached hydrogen (secondary N) is 8. The van der Waals surface area contributed by atoms with Crippen LogP contribution in [0.15, 0.2) is 179 Å². The number of rotatable bonds is 24. The number of aromatic nitrogens is 1. The Hall–Kier alpha value is -9.40. The van der Waals surface area contributed by atoms with Gasteiger partial charge in [-0.3, -0.25) is 10.3 Å². The first kappa shape index (κ1) is 98.1. The lowest BCUT2D eigenvalue weighted by atomic mass is 9.83. The molecule has 5 aliphatic carbocycles. The summed E-state index contributed by atoms with van der Waals surface area (Å²) in [4.78, 5) is 69.5. The molecule has 0 bridgehead atoms. The quantitative estimate of drug-likeness (QED) is 0.0271. The normalized spacial score (nSPS) is 25.4. The number of carbonyl (C=O) groups excluding carboxylic acids is 4. The van der Waals surface area contributed by atoms with Crippen LogP contribution in [0.2, 0.25) is 0 Å². The molecule has 0 radical (unpaired) electrons. The number of fused-ring (bicyclic) bond motifs is 1. The Kier molecular flexibility index (Phi) is 38.1. The number of benzene rings is 6. The van der Waals surface area contributed by atoms with Crippen molar-refractivity contribution in [2.45, 2.75) is 237 Å². The number of amides is 8. The van der Waals surface area contributed by atoms with Crippen LogP contribution in [-0.2, 0) is 25.7 Å². The van der Waals surface area contributed by atoms with Crippen molar-refractivity contribution in [3.63, 3.8) is 0 Å². The number of anilines is 3. The zero-order valence-corrected chi connectivity index (χ0v) is 76.2. The lowest BCUT2D eigenvalue weighted by Crippen LogP contribution is -2.50. The fraction of sp³-hybridized carbons (Fsp3) is 0.543. The summed E-state index contributed by atoms with van der Waals surface area (Å²) in [5.74, 6) is 2.87. The van der Waals surface area contributed by atoms with Gasteiger partial charge in [-0.25, -0.2) is 50.5 Å². The molecule has 8 fully saturated rings. The smallest absolute Gasteiger partial charge is 0.321 e. The zero-order chi connectivity index (χ0) is 89.6. The van der Waals surface area contributed by atoms with Gasteiger partial charge in [-0.1, -0.05) is 119 Å². The summed E-state index contributed by atoms with van der Waals surface area (Å²) in [5.41, 5.74) is 9.14. The maximum absolute atomic E-state index is 13.4. The number of urea groups is 4. The summed E-state index contributed by atoms with van der Waals surface area (Å²) in [6, 6.07) is 39.8. The van der Waals surface area contributed by atoms with Gasteiger partial charge in [-0.05, 0) is 334 Å². The summed E-state index contributed by atoms with van der Waals surface area (Å²) in [6.45, 7) is 14.8. The SMILES string of the molecule is C.Cc1csc(NC(=O)N[C@@H]2CCCC[C@H]2CN2CCC[C@@H](Cc3ccc(F)cc3)C2)n1.O=C(NC1=CC=C2CC=NC2C1)N[C@@H]1CCCC[C@H]1CN1CCC[C@@H](Cc2ccc(F)cc2)C1.O=C(Nc1ccc(F)cc1)N[C@@H]1CCCC[C@H]1CN1CCC[C@@H](Cc2ccc(F)cc2)C1.O=C(Nc1cccc(F)c1)N[C@@H]1CCCC[C@H]1CN1CCC[C@@H](Cc2ccc(F)cc2)C1. The molecule has 6 aromatic carbocycles. The highest BCUT2D eigenvalue weighted by Gasteiger charge is 2.37. The van der Waals surface area contributed by atoms with E-state index in [1.165, 1.54) is 166 Å². The second-order valence-electron chi connectivity index (χ2n) is 38.4. The molecular weight excluding hydrogens is 1670 g/mol. The highest BCUT2D eigenvalue weighted by Crippen LogP contribution is 2.36.